The molecule has 0 atom stereocenters. The molecular weight excluding hydrogens is 323 g/mol. The van der Waals surface area contributed by atoms with Crippen LogP contribution in [-0.2, 0) is 7.05 Å². The molecule has 0 spiro atoms. The van der Waals surface area contributed by atoms with E-state index in [1.54, 1.807) is 17.8 Å². The van der Waals surface area contributed by atoms with Crippen LogP contribution in [0.15, 0.2) is 12.3 Å². The molecule has 0 unspecified atom stereocenters. The van der Waals surface area contributed by atoms with Gasteiger partial charge in [0.25, 0.3) is 0 Å². The number of amides is 1. The van der Waals surface area contributed by atoms with E-state index >= 15 is 0 Å². The summed E-state index contributed by atoms with van der Waals surface area (Å²) in [6.07, 6.45) is 0.508. The lowest BCUT2D eigenvalue weighted by Gasteiger charge is -2.12. The van der Waals surface area contributed by atoms with Gasteiger partial charge in [0.1, 0.15) is 3.70 Å². The van der Waals surface area contributed by atoms with Gasteiger partial charge in [-0.1, -0.05) is 0 Å². The summed E-state index contributed by atoms with van der Waals surface area (Å²) in [7, 11) is 3.28. The summed E-state index contributed by atoms with van der Waals surface area (Å²) in [5.74, 6) is 0. The van der Waals surface area contributed by atoms with Crippen LogP contribution in [0.2, 0.25) is 0 Å². The summed E-state index contributed by atoms with van der Waals surface area (Å²) in [6.45, 7) is 0. The number of hydrogen-bond donors (Lipinski definition) is 1. The van der Waals surface area contributed by atoms with Gasteiger partial charge in [-0.25, -0.2) is 14.5 Å². The van der Waals surface area contributed by atoms with Gasteiger partial charge in [0.2, 0.25) is 0 Å². The largest absolute Gasteiger partial charge is 0.465 e. The van der Waals surface area contributed by atoms with Crippen molar-refractivity contribution < 1.29 is 9.90 Å². The zero-order valence-electron chi connectivity index (χ0n) is 8.68. The number of nitrogens with zero attached hydrogens (tertiary/aromatic N) is 4. The molecule has 0 aromatic carbocycles. The second-order valence-electron chi connectivity index (χ2n) is 3.32. The maximum absolute atomic E-state index is 10.8. The molecule has 1 N–H and O–H groups in total. The Labute approximate surface area is 105 Å². The fraction of sp³-hybridized carbons (Fsp3) is 0.222. The van der Waals surface area contributed by atoms with Crippen LogP contribution in [0, 0.1) is 3.70 Å². The quantitative estimate of drug-likeness (QED) is 0.807. The molecule has 0 saturated carbocycles. The minimum absolute atomic E-state index is 0.533. The number of rotatable bonds is 1. The fourth-order valence-electron chi connectivity index (χ4n) is 1.38. The molecule has 1 amide bonds. The Kier molecular flexibility index (Phi) is 2.70. The van der Waals surface area contributed by atoms with Crippen LogP contribution in [0.4, 0.5) is 10.5 Å². The predicted octanol–water partition coefficient (Wildman–Crippen LogP) is 1.69. The first-order chi connectivity index (χ1) is 7.50. The van der Waals surface area contributed by atoms with Crippen LogP contribution < -0.4 is 4.90 Å². The summed E-state index contributed by atoms with van der Waals surface area (Å²) in [4.78, 5) is 16.1. The van der Waals surface area contributed by atoms with Crippen molar-refractivity contribution >= 4 is 45.4 Å². The summed E-state index contributed by atoms with van der Waals surface area (Å²) in [6, 6.07) is 1.77. The van der Waals surface area contributed by atoms with E-state index in [9.17, 15) is 4.79 Å². The maximum atomic E-state index is 10.8. The number of carbonyl (C=O) groups is 1. The number of aromatic nitrogens is 3. The Hall–Kier alpha value is -1.38. The average molecular weight is 332 g/mol. The van der Waals surface area contributed by atoms with Gasteiger partial charge in [-0.3, -0.25) is 4.90 Å². The van der Waals surface area contributed by atoms with Gasteiger partial charge in [0.15, 0.2) is 5.65 Å². The van der Waals surface area contributed by atoms with Crippen molar-refractivity contribution in [2.75, 3.05) is 11.9 Å². The van der Waals surface area contributed by atoms with Crippen LogP contribution in [-0.4, -0.2) is 33.0 Å². The van der Waals surface area contributed by atoms with Crippen LogP contribution in [0.25, 0.3) is 11.0 Å². The first-order valence-electron chi connectivity index (χ1n) is 4.45. The van der Waals surface area contributed by atoms with Gasteiger partial charge in [-0.2, -0.15) is 5.10 Å². The van der Waals surface area contributed by atoms with Crippen LogP contribution in [0.5, 0.6) is 0 Å². The number of fused-ring (bicyclic) bond motifs is 1. The smallest absolute Gasteiger partial charge is 0.411 e. The van der Waals surface area contributed by atoms with Crippen molar-refractivity contribution in [2.45, 2.75) is 0 Å². The highest BCUT2D eigenvalue weighted by Gasteiger charge is 2.13. The number of aryl methyl sites for hydroxylation is 1. The summed E-state index contributed by atoms with van der Waals surface area (Å²) in [5, 5.41) is 13.9. The van der Waals surface area contributed by atoms with Crippen molar-refractivity contribution in [3.8, 4) is 0 Å². The molecule has 16 heavy (non-hydrogen) atoms. The predicted molar refractivity (Wildman–Crippen MR) is 67.7 cm³/mol. The van der Waals surface area contributed by atoms with E-state index in [4.69, 9.17) is 5.11 Å². The molecule has 0 radical (unpaired) electrons. The summed E-state index contributed by atoms with van der Waals surface area (Å²) >= 11 is 2.10. The minimum Gasteiger partial charge on any atom is -0.465 e. The normalized spacial score (nSPS) is 10.7. The Morgan fingerprint density at radius 2 is 2.31 bits per heavy atom. The Bertz CT molecular complexity index is 566. The number of pyridine rings is 1. The van der Waals surface area contributed by atoms with Crippen molar-refractivity contribution in [2.24, 2.45) is 7.05 Å². The molecule has 0 aliphatic heterocycles. The number of hydrogen-bond acceptors (Lipinski definition) is 3. The van der Waals surface area contributed by atoms with Crippen molar-refractivity contribution in [3.05, 3.63) is 16.0 Å². The van der Waals surface area contributed by atoms with Gasteiger partial charge in [0, 0.05) is 14.1 Å². The number of anilines is 1. The zero-order valence-corrected chi connectivity index (χ0v) is 10.8. The van der Waals surface area contributed by atoms with E-state index in [-0.39, 0.29) is 0 Å². The SMILES string of the molecule is CN(C(=O)O)c1cnc2c(c1)c(I)nn2C. The van der Waals surface area contributed by atoms with E-state index in [0.29, 0.717) is 5.69 Å². The molecule has 2 aromatic heterocycles. The lowest BCUT2D eigenvalue weighted by molar-refractivity contribution is 0.203. The summed E-state index contributed by atoms with van der Waals surface area (Å²) < 4.78 is 2.48. The highest BCUT2D eigenvalue weighted by molar-refractivity contribution is 14.1. The standard InChI is InChI=1S/C9H9IN4O2/c1-13(9(15)16)5-3-6-7(10)12-14(2)8(6)11-4-5/h3-4H,1-2H3,(H,15,16). The third-order valence-electron chi connectivity index (χ3n) is 2.29. The summed E-state index contributed by atoms with van der Waals surface area (Å²) in [5.41, 5.74) is 1.28. The molecule has 84 valence electrons. The average Bonchev–Trinajstić information content (AvgIpc) is 2.53. The van der Waals surface area contributed by atoms with Crippen molar-refractivity contribution in [1.82, 2.24) is 14.8 Å². The van der Waals surface area contributed by atoms with E-state index in [1.165, 1.54) is 13.2 Å². The maximum Gasteiger partial charge on any atom is 0.411 e. The number of halogens is 1. The van der Waals surface area contributed by atoms with Crippen LogP contribution >= 0.6 is 22.6 Å². The van der Waals surface area contributed by atoms with Crippen LogP contribution in [0.3, 0.4) is 0 Å². The lowest BCUT2D eigenvalue weighted by atomic mass is 10.3. The minimum atomic E-state index is -1.01. The van der Waals surface area contributed by atoms with Gasteiger partial charge < -0.3 is 5.11 Å². The molecule has 6 nitrogen and oxygen atoms in total. The van der Waals surface area contributed by atoms with E-state index in [0.717, 1.165) is 19.6 Å². The Balaban J connectivity index is 2.60. The first kappa shape index (κ1) is 11.1. The third-order valence-corrected chi connectivity index (χ3v) is 3.09. The molecule has 7 heteroatoms. The molecule has 0 aliphatic carbocycles. The topological polar surface area (TPSA) is 71.2 Å². The molecule has 2 rings (SSSR count). The van der Waals surface area contributed by atoms with Crippen LogP contribution in [0.1, 0.15) is 0 Å². The molecule has 0 saturated heterocycles. The molecular formula is C9H9IN4O2. The van der Waals surface area contributed by atoms with Gasteiger partial charge in [0.05, 0.1) is 17.3 Å². The first-order valence-corrected chi connectivity index (χ1v) is 5.53. The molecule has 2 heterocycles. The highest BCUT2D eigenvalue weighted by atomic mass is 127. The zero-order chi connectivity index (χ0) is 11.9. The second-order valence-corrected chi connectivity index (χ2v) is 4.34. The highest BCUT2D eigenvalue weighted by Crippen LogP contribution is 2.22. The van der Waals surface area contributed by atoms with Crippen molar-refractivity contribution in [1.29, 1.82) is 0 Å². The molecule has 0 fully saturated rings. The van der Waals surface area contributed by atoms with E-state index < -0.39 is 6.09 Å². The second kappa shape index (κ2) is 3.89. The molecule has 0 bridgehead atoms. The van der Waals surface area contributed by atoms with Gasteiger partial charge >= 0.3 is 6.09 Å². The Morgan fingerprint density at radius 1 is 1.62 bits per heavy atom. The number of carboxylic acid groups (broad SMARTS) is 1. The molecule has 2 aromatic rings. The van der Waals surface area contributed by atoms with Gasteiger partial charge in [-0.15, -0.1) is 0 Å². The van der Waals surface area contributed by atoms with Gasteiger partial charge in [-0.05, 0) is 28.7 Å². The van der Waals surface area contributed by atoms with E-state index in [2.05, 4.69) is 32.7 Å². The molecule has 0 aliphatic rings. The van der Waals surface area contributed by atoms with Crippen molar-refractivity contribution in [3.63, 3.8) is 0 Å². The Morgan fingerprint density at radius 3 is 2.94 bits per heavy atom. The third kappa shape index (κ3) is 1.70. The fourth-order valence-corrected chi connectivity index (χ4v) is 2.10. The monoisotopic (exact) mass is 332 g/mol. The lowest BCUT2D eigenvalue weighted by Crippen LogP contribution is -2.23. The van der Waals surface area contributed by atoms with E-state index in [1.807, 2.05) is 0 Å².